The lowest BCUT2D eigenvalue weighted by molar-refractivity contribution is 0.198. The summed E-state index contributed by atoms with van der Waals surface area (Å²) in [6, 6.07) is 5.61. The number of ether oxygens (including phenoxy) is 2. The number of methoxy groups -OCH3 is 1. The molecule has 1 aromatic rings. The highest BCUT2D eigenvalue weighted by molar-refractivity contribution is 5.43. The van der Waals surface area contributed by atoms with Gasteiger partial charge in [0.2, 0.25) is 0 Å². The van der Waals surface area contributed by atoms with Gasteiger partial charge in [0.05, 0.1) is 19.8 Å². The van der Waals surface area contributed by atoms with Crippen molar-refractivity contribution in [3.8, 4) is 11.5 Å². The lowest BCUT2D eigenvalue weighted by atomic mass is 10.1. The van der Waals surface area contributed by atoms with Gasteiger partial charge in [-0.25, -0.2) is 0 Å². The lowest BCUT2D eigenvalue weighted by Crippen LogP contribution is -2.09. The SMILES string of the molecule is COc1cc([C@H](C)O)ccc1OCC1CCCC1. The predicted molar refractivity (Wildman–Crippen MR) is 71.1 cm³/mol. The minimum Gasteiger partial charge on any atom is -0.493 e. The molecule has 2 rings (SSSR count). The van der Waals surface area contributed by atoms with E-state index in [0.29, 0.717) is 11.7 Å². The van der Waals surface area contributed by atoms with Crippen molar-refractivity contribution in [2.24, 2.45) is 5.92 Å². The van der Waals surface area contributed by atoms with Gasteiger partial charge in [-0.05, 0) is 43.4 Å². The number of rotatable bonds is 5. The highest BCUT2D eigenvalue weighted by Gasteiger charge is 2.16. The van der Waals surface area contributed by atoms with E-state index >= 15 is 0 Å². The maximum Gasteiger partial charge on any atom is 0.161 e. The van der Waals surface area contributed by atoms with Crippen LogP contribution in [0, 0.1) is 5.92 Å². The van der Waals surface area contributed by atoms with Gasteiger partial charge in [-0.3, -0.25) is 0 Å². The maximum atomic E-state index is 9.54. The molecule has 100 valence electrons. The van der Waals surface area contributed by atoms with Gasteiger partial charge in [-0.1, -0.05) is 18.9 Å². The summed E-state index contributed by atoms with van der Waals surface area (Å²) < 4.78 is 11.2. The molecule has 0 spiro atoms. The molecule has 3 heteroatoms. The third-order valence-electron chi connectivity index (χ3n) is 3.62. The molecule has 1 N–H and O–H groups in total. The van der Waals surface area contributed by atoms with Crippen molar-refractivity contribution >= 4 is 0 Å². The Balaban J connectivity index is 2.02. The van der Waals surface area contributed by atoms with E-state index in [1.54, 1.807) is 14.0 Å². The summed E-state index contributed by atoms with van der Waals surface area (Å²) in [5.74, 6) is 2.16. The fraction of sp³-hybridized carbons (Fsp3) is 0.600. The molecule has 0 unspecified atom stereocenters. The smallest absolute Gasteiger partial charge is 0.161 e. The van der Waals surface area contributed by atoms with Crippen LogP contribution in [-0.4, -0.2) is 18.8 Å². The topological polar surface area (TPSA) is 38.7 Å². The van der Waals surface area contributed by atoms with E-state index in [4.69, 9.17) is 9.47 Å². The zero-order chi connectivity index (χ0) is 13.0. The second kappa shape index (κ2) is 6.10. The molecular formula is C15H22O3. The van der Waals surface area contributed by atoms with Gasteiger partial charge >= 0.3 is 0 Å². The van der Waals surface area contributed by atoms with E-state index in [1.165, 1.54) is 25.7 Å². The summed E-state index contributed by atoms with van der Waals surface area (Å²) in [6.45, 7) is 2.51. The van der Waals surface area contributed by atoms with Crippen LogP contribution in [0.5, 0.6) is 11.5 Å². The van der Waals surface area contributed by atoms with Crippen LogP contribution in [0.25, 0.3) is 0 Å². The first kappa shape index (κ1) is 13.2. The summed E-state index contributed by atoms with van der Waals surface area (Å²) in [4.78, 5) is 0. The monoisotopic (exact) mass is 250 g/mol. The Morgan fingerprint density at radius 1 is 1.28 bits per heavy atom. The molecule has 0 aliphatic heterocycles. The number of hydrogen-bond acceptors (Lipinski definition) is 3. The van der Waals surface area contributed by atoms with Gasteiger partial charge in [0.15, 0.2) is 11.5 Å². The summed E-state index contributed by atoms with van der Waals surface area (Å²) in [5, 5.41) is 9.54. The van der Waals surface area contributed by atoms with E-state index in [1.807, 2.05) is 18.2 Å². The Labute approximate surface area is 109 Å². The third kappa shape index (κ3) is 3.16. The van der Waals surface area contributed by atoms with E-state index in [0.717, 1.165) is 17.9 Å². The predicted octanol–water partition coefficient (Wildman–Crippen LogP) is 3.32. The molecule has 1 aromatic carbocycles. The Hall–Kier alpha value is -1.22. The average molecular weight is 250 g/mol. The highest BCUT2D eigenvalue weighted by atomic mass is 16.5. The first-order chi connectivity index (χ1) is 8.70. The fourth-order valence-electron chi connectivity index (χ4n) is 2.45. The lowest BCUT2D eigenvalue weighted by Gasteiger charge is -2.15. The van der Waals surface area contributed by atoms with Crippen molar-refractivity contribution in [2.45, 2.75) is 38.7 Å². The van der Waals surface area contributed by atoms with Crippen molar-refractivity contribution in [1.29, 1.82) is 0 Å². The Morgan fingerprint density at radius 3 is 2.61 bits per heavy atom. The van der Waals surface area contributed by atoms with Gasteiger partial charge in [0, 0.05) is 0 Å². The second-order valence-electron chi connectivity index (χ2n) is 5.05. The zero-order valence-corrected chi connectivity index (χ0v) is 11.2. The quantitative estimate of drug-likeness (QED) is 0.871. The Morgan fingerprint density at radius 2 is 2.00 bits per heavy atom. The van der Waals surface area contributed by atoms with Crippen molar-refractivity contribution in [1.82, 2.24) is 0 Å². The molecule has 1 aliphatic rings. The molecule has 1 saturated carbocycles. The standard InChI is InChI=1S/C15H22O3/c1-11(16)13-7-8-14(15(9-13)17-2)18-10-12-5-3-4-6-12/h7-9,11-12,16H,3-6,10H2,1-2H3/t11-/m0/s1. The molecule has 18 heavy (non-hydrogen) atoms. The average Bonchev–Trinajstić information content (AvgIpc) is 2.89. The maximum absolute atomic E-state index is 9.54. The molecule has 0 bridgehead atoms. The first-order valence-corrected chi connectivity index (χ1v) is 6.69. The second-order valence-corrected chi connectivity index (χ2v) is 5.05. The molecule has 0 aromatic heterocycles. The highest BCUT2D eigenvalue weighted by Crippen LogP contribution is 2.32. The number of hydrogen-bond donors (Lipinski definition) is 1. The molecule has 0 saturated heterocycles. The van der Waals surface area contributed by atoms with Crippen molar-refractivity contribution < 1.29 is 14.6 Å². The van der Waals surface area contributed by atoms with Crippen LogP contribution < -0.4 is 9.47 Å². The number of aliphatic hydroxyl groups excluding tert-OH is 1. The largest absolute Gasteiger partial charge is 0.493 e. The molecule has 1 atom stereocenters. The van der Waals surface area contributed by atoms with Crippen LogP contribution in [0.1, 0.15) is 44.3 Å². The molecular weight excluding hydrogens is 228 g/mol. The summed E-state index contributed by atoms with van der Waals surface area (Å²) in [6.07, 6.45) is 4.71. The van der Waals surface area contributed by atoms with Gasteiger partial charge in [0.25, 0.3) is 0 Å². The first-order valence-electron chi connectivity index (χ1n) is 6.69. The minimum absolute atomic E-state index is 0.484. The van der Waals surface area contributed by atoms with Crippen molar-refractivity contribution in [3.05, 3.63) is 23.8 Å². The minimum atomic E-state index is -0.484. The van der Waals surface area contributed by atoms with Gasteiger partial charge in [-0.2, -0.15) is 0 Å². The van der Waals surface area contributed by atoms with Crippen LogP contribution in [-0.2, 0) is 0 Å². The Kier molecular flexibility index (Phi) is 4.48. The molecule has 1 fully saturated rings. The van der Waals surface area contributed by atoms with Crippen LogP contribution in [0.15, 0.2) is 18.2 Å². The molecule has 0 amide bonds. The Bertz CT molecular complexity index is 381. The molecule has 0 radical (unpaired) electrons. The van der Waals surface area contributed by atoms with E-state index in [-0.39, 0.29) is 0 Å². The van der Waals surface area contributed by atoms with Gasteiger partial charge in [0.1, 0.15) is 0 Å². The fourth-order valence-corrected chi connectivity index (χ4v) is 2.45. The van der Waals surface area contributed by atoms with Crippen LogP contribution in [0.3, 0.4) is 0 Å². The van der Waals surface area contributed by atoms with Gasteiger partial charge < -0.3 is 14.6 Å². The van der Waals surface area contributed by atoms with Crippen LogP contribution in [0.4, 0.5) is 0 Å². The molecule has 1 aliphatic carbocycles. The zero-order valence-electron chi connectivity index (χ0n) is 11.2. The molecule has 0 heterocycles. The van der Waals surface area contributed by atoms with Crippen molar-refractivity contribution in [2.75, 3.05) is 13.7 Å². The van der Waals surface area contributed by atoms with Crippen LogP contribution >= 0.6 is 0 Å². The van der Waals surface area contributed by atoms with E-state index in [9.17, 15) is 5.11 Å². The number of aliphatic hydroxyl groups is 1. The molecule has 3 nitrogen and oxygen atoms in total. The van der Waals surface area contributed by atoms with E-state index < -0.39 is 6.10 Å². The summed E-state index contributed by atoms with van der Waals surface area (Å²) in [5.41, 5.74) is 0.847. The summed E-state index contributed by atoms with van der Waals surface area (Å²) in [7, 11) is 1.63. The van der Waals surface area contributed by atoms with E-state index in [2.05, 4.69) is 0 Å². The van der Waals surface area contributed by atoms with Crippen molar-refractivity contribution in [3.63, 3.8) is 0 Å². The van der Waals surface area contributed by atoms with Gasteiger partial charge in [-0.15, -0.1) is 0 Å². The van der Waals surface area contributed by atoms with Crippen LogP contribution in [0.2, 0.25) is 0 Å². The normalized spacial score (nSPS) is 17.7. The third-order valence-corrected chi connectivity index (χ3v) is 3.62. The number of benzene rings is 1. The summed E-state index contributed by atoms with van der Waals surface area (Å²) >= 11 is 0.